The predicted octanol–water partition coefficient (Wildman–Crippen LogP) is 4.19. The number of halogens is 4. The first-order chi connectivity index (χ1) is 14.7. The summed E-state index contributed by atoms with van der Waals surface area (Å²) in [6.07, 6.45) is -5.44. The third-order valence-corrected chi connectivity index (χ3v) is 4.23. The quantitative estimate of drug-likeness (QED) is 0.590. The van der Waals surface area contributed by atoms with Gasteiger partial charge in [-0.2, -0.15) is 17.9 Å². The molecular weight excluding hydrogens is 418 g/mol. The second-order valence-corrected chi connectivity index (χ2v) is 6.48. The fraction of sp³-hybridized carbons (Fsp3) is 0.190. The van der Waals surface area contributed by atoms with Crippen LogP contribution >= 0.6 is 0 Å². The summed E-state index contributed by atoms with van der Waals surface area (Å²) in [5, 5.41) is 6.41. The third-order valence-electron chi connectivity index (χ3n) is 4.23. The monoisotopic (exact) mass is 435 g/mol. The Morgan fingerprint density at radius 1 is 1.13 bits per heavy atom. The van der Waals surface area contributed by atoms with E-state index in [1.54, 1.807) is 6.92 Å². The first kappa shape index (κ1) is 22.0. The van der Waals surface area contributed by atoms with Crippen molar-refractivity contribution in [1.29, 1.82) is 0 Å². The molecule has 0 spiro atoms. The predicted molar refractivity (Wildman–Crippen MR) is 105 cm³/mol. The van der Waals surface area contributed by atoms with Gasteiger partial charge in [0, 0.05) is 17.8 Å². The molecule has 1 amide bonds. The molecule has 162 valence electrons. The summed E-state index contributed by atoms with van der Waals surface area (Å²) in [5.41, 5.74) is -1.14. The second kappa shape index (κ2) is 8.99. The number of rotatable bonds is 6. The van der Waals surface area contributed by atoms with E-state index in [0.717, 1.165) is 28.9 Å². The van der Waals surface area contributed by atoms with E-state index in [2.05, 4.69) is 10.4 Å². The molecule has 3 aromatic rings. The minimum atomic E-state index is -4.54. The Morgan fingerprint density at radius 3 is 2.48 bits per heavy atom. The Hall–Kier alpha value is -3.69. The lowest BCUT2D eigenvalue weighted by molar-refractivity contribution is -0.137. The summed E-state index contributed by atoms with van der Waals surface area (Å²) in [6, 6.07) is 11.7. The number of anilines is 1. The number of hydrogen-bond acceptors (Lipinski definition) is 4. The maximum Gasteiger partial charge on any atom is 0.416 e. The van der Waals surface area contributed by atoms with Crippen LogP contribution in [0.25, 0.3) is 5.69 Å². The Morgan fingerprint density at radius 2 is 1.84 bits per heavy atom. The molecule has 1 heterocycles. The van der Waals surface area contributed by atoms with Crippen LogP contribution in [0.4, 0.5) is 23.2 Å². The standard InChI is InChI=1S/C21H17F4N3O3/c1-2-17(20(30)26-15-5-3-4-13(12-15)21(23,24)25)31-18-10-11-19(29)28(27-18)16-8-6-14(22)7-9-16/h3-12,17H,2H2,1H3,(H,26,30)/t17-/m0/s1. The van der Waals surface area contributed by atoms with Crippen molar-refractivity contribution in [3.8, 4) is 11.6 Å². The van der Waals surface area contributed by atoms with Crippen molar-refractivity contribution in [2.45, 2.75) is 25.6 Å². The Labute approximate surface area is 174 Å². The number of amides is 1. The molecular formula is C21H17F4N3O3. The first-order valence-corrected chi connectivity index (χ1v) is 9.18. The van der Waals surface area contributed by atoms with Crippen LogP contribution in [0.2, 0.25) is 0 Å². The van der Waals surface area contributed by atoms with E-state index in [1.165, 1.54) is 36.4 Å². The van der Waals surface area contributed by atoms with Gasteiger partial charge >= 0.3 is 6.18 Å². The number of nitrogens with one attached hydrogen (secondary N) is 1. The summed E-state index contributed by atoms with van der Waals surface area (Å²) >= 11 is 0. The molecule has 0 radical (unpaired) electrons. The zero-order valence-corrected chi connectivity index (χ0v) is 16.2. The van der Waals surface area contributed by atoms with Gasteiger partial charge in [-0.1, -0.05) is 13.0 Å². The van der Waals surface area contributed by atoms with E-state index in [1.807, 2.05) is 0 Å². The van der Waals surface area contributed by atoms with Crippen LogP contribution in [-0.2, 0) is 11.0 Å². The summed E-state index contributed by atoms with van der Waals surface area (Å²) in [5.74, 6) is -1.22. The highest BCUT2D eigenvalue weighted by molar-refractivity contribution is 5.94. The average molecular weight is 435 g/mol. The average Bonchev–Trinajstić information content (AvgIpc) is 2.73. The third kappa shape index (κ3) is 5.47. The topological polar surface area (TPSA) is 73.2 Å². The zero-order chi connectivity index (χ0) is 22.6. The summed E-state index contributed by atoms with van der Waals surface area (Å²) in [6.45, 7) is 1.65. The van der Waals surface area contributed by atoms with Gasteiger partial charge in [-0.05, 0) is 48.9 Å². The van der Waals surface area contributed by atoms with Gasteiger partial charge in [0.25, 0.3) is 11.5 Å². The van der Waals surface area contributed by atoms with Crippen LogP contribution in [0.5, 0.6) is 5.88 Å². The normalized spacial score (nSPS) is 12.3. The Bertz CT molecular complexity index is 1130. The highest BCUT2D eigenvalue weighted by Gasteiger charge is 2.30. The van der Waals surface area contributed by atoms with Gasteiger partial charge in [0.15, 0.2) is 6.10 Å². The maximum absolute atomic E-state index is 13.1. The molecule has 3 rings (SSSR count). The number of carbonyl (C=O) groups excluding carboxylic acids is 1. The molecule has 0 saturated heterocycles. The molecule has 0 aliphatic carbocycles. The van der Waals surface area contributed by atoms with Crippen LogP contribution in [0.1, 0.15) is 18.9 Å². The van der Waals surface area contributed by atoms with Crippen LogP contribution in [0, 0.1) is 5.82 Å². The van der Waals surface area contributed by atoms with Gasteiger partial charge in [-0.3, -0.25) is 9.59 Å². The minimum absolute atomic E-state index is 0.0360. The summed E-state index contributed by atoms with van der Waals surface area (Å²) in [4.78, 5) is 24.6. The van der Waals surface area contributed by atoms with Crippen molar-refractivity contribution in [3.05, 3.63) is 82.4 Å². The van der Waals surface area contributed by atoms with Gasteiger partial charge in [0.05, 0.1) is 11.3 Å². The molecule has 1 N–H and O–H groups in total. The van der Waals surface area contributed by atoms with Crippen molar-refractivity contribution in [2.24, 2.45) is 0 Å². The lowest BCUT2D eigenvalue weighted by Gasteiger charge is -2.17. The number of aromatic nitrogens is 2. The maximum atomic E-state index is 13.1. The van der Waals surface area contributed by atoms with Crippen LogP contribution in [-0.4, -0.2) is 21.8 Å². The van der Waals surface area contributed by atoms with Gasteiger partial charge < -0.3 is 10.1 Å². The number of hydrogen-bond donors (Lipinski definition) is 1. The van der Waals surface area contributed by atoms with E-state index in [-0.39, 0.29) is 18.0 Å². The lowest BCUT2D eigenvalue weighted by atomic mass is 10.2. The molecule has 10 heteroatoms. The molecule has 0 unspecified atom stereocenters. The van der Waals surface area contributed by atoms with E-state index < -0.39 is 35.1 Å². The molecule has 0 fully saturated rings. The number of ether oxygens (including phenoxy) is 1. The fourth-order valence-corrected chi connectivity index (χ4v) is 2.69. The number of nitrogens with zero attached hydrogens (tertiary/aromatic N) is 2. The van der Waals surface area contributed by atoms with E-state index in [0.29, 0.717) is 5.69 Å². The highest BCUT2D eigenvalue weighted by Crippen LogP contribution is 2.30. The van der Waals surface area contributed by atoms with E-state index in [4.69, 9.17) is 4.74 Å². The number of alkyl halides is 3. The molecule has 0 aliphatic rings. The lowest BCUT2D eigenvalue weighted by Crippen LogP contribution is -2.33. The highest BCUT2D eigenvalue weighted by atomic mass is 19.4. The van der Waals surface area contributed by atoms with Gasteiger partial charge in [0.2, 0.25) is 5.88 Å². The van der Waals surface area contributed by atoms with Crippen LogP contribution in [0.3, 0.4) is 0 Å². The van der Waals surface area contributed by atoms with E-state index >= 15 is 0 Å². The molecule has 0 saturated carbocycles. The molecule has 31 heavy (non-hydrogen) atoms. The Balaban J connectivity index is 1.78. The number of carbonyl (C=O) groups is 1. The number of benzene rings is 2. The first-order valence-electron chi connectivity index (χ1n) is 9.18. The van der Waals surface area contributed by atoms with E-state index in [9.17, 15) is 27.2 Å². The van der Waals surface area contributed by atoms with Crippen molar-refractivity contribution < 1.29 is 27.1 Å². The SMILES string of the molecule is CC[C@H](Oc1ccc(=O)n(-c2ccc(F)cc2)n1)C(=O)Nc1cccc(C(F)(F)F)c1. The van der Waals surface area contributed by atoms with Gasteiger partial charge in [0.1, 0.15) is 5.82 Å². The van der Waals surface area contributed by atoms with Crippen molar-refractivity contribution in [1.82, 2.24) is 9.78 Å². The van der Waals surface area contributed by atoms with Crippen LogP contribution < -0.4 is 15.6 Å². The zero-order valence-electron chi connectivity index (χ0n) is 16.2. The largest absolute Gasteiger partial charge is 0.463 e. The van der Waals surface area contributed by atoms with Crippen LogP contribution in [0.15, 0.2) is 65.5 Å². The van der Waals surface area contributed by atoms with Crippen molar-refractivity contribution >= 4 is 11.6 Å². The second-order valence-electron chi connectivity index (χ2n) is 6.48. The summed E-state index contributed by atoms with van der Waals surface area (Å²) < 4.78 is 58.2. The summed E-state index contributed by atoms with van der Waals surface area (Å²) in [7, 11) is 0. The van der Waals surface area contributed by atoms with Crippen molar-refractivity contribution in [2.75, 3.05) is 5.32 Å². The smallest absolute Gasteiger partial charge is 0.416 e. The molecule has 2 aromatic carbocycles. The molecule has 0 bridgehead atoms. The molecule has 1 aromatic heterocycles. The van der Waals surface area contributed by atoms with Gasteiger partial charge in [-0.15, -0.1) is 5.10 Å². The van der Waals surface area contributed by atoms with Crippen molar-refractivity contribution in [3.63, 3.8) is 0 Å². The fourth-order valence-electron chi connectivity index (χ4n) is 2.69. The minimum Gasteiger partial charge on any atom is -0.463 e. The van der Waals surface area contributed by atoms with Gasteiger partial charge in [-0.25, -0.2) is 4.39 Å². The molecule has 0 aliphatic heterocycles. The molecule has 6 nitrogen and oxygen atoms in total. The molecule has 1 atom stereocenters. The Kier molecular flexibility index (Phi) is 6.38.